The molecule has 1 aliphatic heterocycles. The molecule has 0 aromatic heterocycles. The van der Waals surface area contributed by atoms with Crippen molar-refractivity contribution < 1.29 is 10.0 Å². The van der Waals surface area contributed by atoms with Crippen LogP contribution in [0.1, 0.15) is 42.6 Å². The number of likely N-dealkylation sites (tertiary alicyclic amines) is 1. The number of piperidine rings is 1. The zero-order valence-electron chi connectivity index (χ0n) is 11.9. The molecule has 0 radical (unpaired) electrons. The Kier molecular flexibility index (Phi) is 4.27. The summed E-state index contributed by atoms with van der Waals surface area (Å²) < 4.78 is 0. The van der Waals surface area contributed by atoms with Gasteiger partial charge in [-0.3, -0.25) is 4.79 Å². The first-order valence-corrected chi connectivity index (χ1v) is 6.92. The molecule has 20 heavy (non-hydrogen) atoms. The molecule has 1 aromatic rings. The van der Waals surface area contributed by atoms with Gasteiger partial charge in [-0.25, -0.2) is 0 Å². The second-order valence-corrected chi connectivity index (χ2v) is 5.54. The van der Waals surface area contributed by atoms with Crippen molar-refractivity contribution in [1.82, 2.24) is 4.90 Å². The Balaban J connectivity index is 2.13. The number of carbonyl (C=O) groups excluding carboxylic acids is 1. The van der Waals surface area contributed by atoms with Gasteiger partial charge in [-0.05, 0) is 37.8 Å². The fourth-order valence-electron chi connectivity index (χ4n) is 2.72. The quantitative estimate of drug-likeness (QED) is 0.375. The molecule has 1 amide bonds. The summed E-state index contributed by atoms with van der Waals surface area (Å²) in [5.74, 6) is 0.775. The first kappa shape index (κ1) is 14.4. The molecule has 2 atom stereocenters. The molecular formula is C15H21N3O2. The summed E-state index contributed by atoms with van der Waals surface area (Å²) in [6, 6.07) is 7.11. The van der Waals surface area contributed by atoms with E-state index in [1.165, 1.54) is 0 Å². The van der Waals surface area contributed by atoms with Gasteiger partial charge < -0.3 is 15.8 Å². The van der Waals surface area contributed by atoms with Gasteiger partial charge in [0.25, 0.3) is 5.91 Å². The van der Waals surface area contributed by atoms with Crippen molar-refractivity contribution >= 4 is 11.7 Å². The highest BCUT2D eigenvalue weighted by Crippen LogP contribution is 2.23. The van der Waals surface area contributed by atoms with E-state index in [1.807, 2.05) is 4.90 Å². The molecule has 0 aliphatic carbocycles. The molecule has 0 spiro atoms. The van der Waals surface area contributed by atoms with Crippen LogP contribution < -0.4 is 5.73 Å². The van der Waals surface area contributed by atoms with Crippen molar-refractivity contribution in [3.05, 3.63) is 35.4 Å². The molecule has 1 fully saturated rings. The number of nitrogens with two attached hydrogens (primary N) is 1. The van der Waals surface area contributed by atoms with Crippen LogP contribution in [0, 0.1) is 5.92 Å². The summed E-state index contributed by atoms with van der Waals surface area (Å²) in [5.41, 5.74) is 6.75. The Labute approximate surface area is 119 Å². The average Bonchev–Trinajstić information content (AvgIpc) is 2.46. The number of hydrogen-bond donors (Lipinski definition) is 2. The maximum atomic E-state index is 12.5. The van der Waals surface area contributed by atoms with E-state index >= 15 is 0 Å². The summed E-state index contributed by atoms with van der Waals surface area (Å²) in [5, 5.41) is 11.6. The fraction of sp³-hybridized carbons (Fsp3) is 0.467. The number of amidine groups is 1. The van der Waals surface area contributed by atoms with E-state index in [1.54, 1.807) is 24.3 Å². The van der Waals surface area contributed by atoms with Crippen LogP contribution in [-0.2, 0) is 0 Å². The van der Waals surface area contributed by atoms with Crippen molar-refractivity contribution in [1.29, 1.82) is 0 Å². The molecule has 3 N–H and O–H groups in total. The highest BCUT2D eigenvalue weighted by Gasteiger charge is 2.27. The third-order valence-corrected chi connectivity index (χ3v) is 3.93. The molecule has 1 aromatic carbocycles. The van der Waals surface area contributed by atoms with E-state index in [9.17, 15) is 4.79 Å². The first-order valence-electron chi connectivity index (χ1n) is 6.92. The molecule has 2 rings (SSSR count). The van der Waals surface area contributed by atoms with Gasteiger partial charge >= 0.3 is 0 Å². The number of nitrogens with zero attached hydrogens (tertiary/aromatic N) is 2. The first-order chi connectivity index (χ1) is 9.52. The summed E-state index contributed by atoms with van der Waals surface area (Å²) in [7, 11) is 0. The fourth-order valence-corrected chi connectivity index (χ4v) is 2.72. The van der Waals surface area contributed by atoms with Gasteiger partial charge in [0.2, 0.25) is 0 Å². The van der Waals surface area contributed by atoms with Crippen molar-refractivity contribution in [2.45, 2.75) is 32.7 Å². The molecule has 0 bridgehead atoms. The van der Waals surface area contributed by atoms with E-state index in [0.29, 0.717) is 17.0 Å². The zero-order valence-corrected chi connectivity index (χ0v) is 11.9. The molecule has 108 valence electrons. The average molecular weight is 275 g/mol. The van der Waals surface area contributed by atoms with Crippen LogP contribution in [0.2, 0.25) is 0 Å². The highest BCUT2D eigenvalue weighted by molar-refractivity contribution is 5.99. The van der Waals surface area contributed by atoms with Crippen LogP contribution in [0.25, 0.3) is 0 Å². The number of hydrogen-bond acceptors (Lipinski definition) is 3. The Morgan fingerprint density at radius 2 is 1.90 bits per heavy atom. The van der Waals surface area contributed by atoms with Gasteiger partial charge in [-0.15, -0.1) is 0 Å². The number of benzene rings is 1. The van der Waals surface area contributed by atoms with E-state index in [-0.39, 0.29) is 17.8 Å². The van der Waals surface area contributed by atoms with Gasteiger partial charge in [-0.1, -0.05) is 24.2 Å². The van der Waals surface area contributed by atoms with E-state index < -0.39 is 0 Å². The Morgan fingerprint density at radius 1 is 1.30 bits per heavy atom. The minimum Gasteiger partial charge on any atom is -0.409 e. The highest BCUT2D eigenvalue weighted by atomic mass is 16.4. The topological polar surface area (TPSA) is 78.9 Å². The molecule has 0 saturated carbocycles. The van der Waals surface area contributed by atoms with Crippen LogP contribution in [0.5, 0.6) is 0 Å². The molecule has 1 saturated heterocycles. The predicted octanol–water partition coefficient (Wildman–Crippen LogP) is 2.04. The maximum Gasteiger partial charge on any atom is 0.254 e. The lowest BCUT2D eigenvalue weighted by Crippen LogP contribution is -2.44. The number of amides is 1. The third kappa shape index (κ3) is 2.92. The molecule has 5 nitrogen and oxygen atoms in total. The second kappa shape index (κ2) is 5.94. The summed E-state index contributed by atoms with van der Waals surface area (Å²) >= 11 is 0. The van der Waals surface area contributed by atoms with E-state index in [0.717, 1.165) is 19.4 Å². The minimum absolute atomic E-state index is 0.0455. The second-order valence-electron chi connectivity index (χ2n) is 5.54. The van der Waals surface area contributed by atoms with Crippen molar-refractivity contribution in [3.8, 4) is 0 Å². The Morgan fingerprint density at radius 3 is 2.45 bits per heavy atom. The third-order valence-electron chi connectivity index (χ3n) is 3.93. The lowest BCUT2D eigenvalue weighted by molar-refractivity contribution is 0.0588. The lowest BCUT2D eigenvalue weighted by atomic mass is 9.93. The van der Waals surface area contributed by atoms with Crippen LogP contribution in [0.15, 0.2) is 29.4 Å². The van der Waals surface area contributed by atoms with Crippen LogP contribution in [0.4, 0.5) is 0 Å². The maximum absolute atomic E-state index is 12.5. The number of rotatable bonds is 2. The molecule has 1 heterocycles. The van der Waals surface area contributed by atoms with Crippen LogP contribution in [0.3, 0.4) is 0 Å². The normalized spacial score (nSPS) is 23.7. The summed E-state index contributed by atoms with van der Waals surface area (Å²) in [4.78, 5) is 14.4. The molecular weight excluding hydrogens is 254 g/mol. The van der Waals surface area contributed by atoms with E-state index in [4.69, 9.17) is 10.9 Å². The van der Waals surface area contributed by atoms with Crippen LogP contribution in [-0.4, -0.2) is 34.4 Å². The molecule has 2 unspecified atom stereocenters. The van der Waals surface area contributed by atoms with Gasteiger partial charge in [0, 0.05) is 23.7 Å². The monoisotopic (exact) mass is 275 g/mol. The number of oxime groups is 1. The van der Waals surface area contributed by atoms with Gasteiger partial charge in [0.05, 0.1) is 0 Å². The zero-order chi connectivity index (χ0) is 14.7. The lowest BCUT2D eigenvalue weighted by Gasteiger charge is -2.36. The van der Waals surface area contributed by atoms with Crippen molar-refractivity contribution in [3.63, 3.8) is 0 Å². The molecule has 1 aliphatic rings. The minimum atomic E-state index is 0.0455. The van der Waals surface area contributed by atoms with Crippen molar-refractivity contribution in [2.24, 2.45) is 16.8 Å². The Hall–Kier alpha value is -2.04. The summed E-state index contributed by atoms with van der Waals surface area (Å²) in [6.45, 7) is 5.13. The SMILES string of the molecule is CC1CCN(C(=O)c2ccc(C(N)=NO)cc2)C(C)C1. The molecule has 5 heteroatoms. The van der Waals surface area contributed by atoms with Gasteiger partial charge in [0.15, 0.2) is 5.84 Å². The van der Waals surface area contributed by atoms with Gasteiger partial charge in [0.1, 0.15) is 0 Å². The van der Waals surface area contributed by atoms with Crippen LogP contribution >= 0.6 is 0 Å². The van der Waals surface area contributed by atoms with Gasteiger partial charge in [-0.2, -0.15) is 0 Å². The smallest absolute Gasteiger partial charge is 0.254 e. The number of carbonyl (C=O) groups is 1. The van der Waals surface area contributed by atoms with Crippen molar-refractivity contribution in [2.75, 3.05) is 6.54 Å². The standard InChI is InChI=1S/C15H21N3O2/c1-10-7-8-18(11(2)9-10)15(19)13-5-3-12(4-6-13)14(16)17-20/h3-6,10-11,20H,7-9H2,1-2H3,(H2,16,17). The van der Waals surface area contributed by atoms with E-state index in [2.05, 4.69) is 19.0 Å². The summed E-state index contributed by atoms with van der Waals surface area (Å²) in [6.07, 6.45) is 2.10. The Bertz CT molecular complexity index is 510. The largest absolute Gasteiger partial charge is 0.409 e. The predicted molar refractivity (Wildman–Crippen MR) is 77.8 cm³/mol.